The molecule has 0 aromatic heterocycles. The van der Waals surface area contributed by atoms with Crippen molar-refractivity contribution in [1.82, 2.24) is 0 Å². The Bertz CT molecular complexity index is 424. The van der Waals surface area contributed by atoms with Crippen LogP contribution in [0.25, 0.3) is 0 Å². The molecular weight excluding hydrogens is 234 g/mol. The first-order valence-corrected chi connectivity index (χ1v) is 5.97. The first-order valence-electron chi connectivity index (χ1n) is 4.53. The first-order chi connectivity index (χ1) is 7.47. The second-order valence-electron chi connectivity index (χ2n) is 3.21. The smallest absolute Gasteiger partial charge is 0.294 e. The van der Waals surface area contributed by atoms with Gasteiger partial charge in [-0.3, -0.25) is 4.55 Å². The summed E-state index contributed by atoms with van der Waals surface area (Å²) in [5, 5.41) is 20.4. The van der Waals surface area contributed by atoms with E-state index in [4.69, 9.17) is 14.8 Å². The van der Waals surface area contributed by atoms with Gasteiger partial charge in [-0.2, -0.15) is 8.42 Å². The molecule has 1 aromatic carbocycles. The molecule has 0 heterocycles. The summed E-state index contributed by atoms with van der Waals surface area (Å²) < 4.78 is 30.2. The molecule has 0 unspecified atom stereocenters. The Morgan fingerprint density at radius 1 is 1.12 bits per heavy atom. The standard InChI is InChI=1S/C9H13NO5S/c11-5-8(6-12)10-7-1-3-9(4-2-7)16(13,14)15/h1-4,8,10-12H,5-6H2,(H,13,14,15). The topological polar surface area (TPSA) is 107 Å². The molecule has 7 heteroatoms. The molecule has 0 saturated heterocycles. The summed E-state index contributed by atoms with van der Waals surface area (Å²) in [6.07, 6.45) is 0. The van der Waals surface area contributed by atoms with Crippen molar-refractivity contribution in [1.29, 1.82) is 0 Å². The Labute approximate surface area is 93.3 Å². The number of aliphatic hydroxyl groups excluding tert-OH is 2. The van der Waals surface area contributed by atoms with Crippen molar-refractivity contribution in [3.63, 3.8) is 0 Å². The zero-order chi connectivity index (χ0) is 12.2. The number of hydrogen-bond acceptors (Lipinski definition) is 5. The van der Waals surface area contributed by atoms with Crippen LogP contribution in [-0.4, -0.2) is 42.4 Å². The fourth-order valence-electron chi connectivity index (χ4n) is 1.11. The number of rotatable bonds is 5. The summed E-state index contributed by atoms with van der Waals surface area (Å²) in [6.45, 7) is -0.479. The molecule has 16 heavy (non-hydrogen) atoms. The van der Waals surface area contributed by atoms with Gasteiger partial charge in [0, 0.05) is 5.69 Å². The number of anilines is 1. The van der Waals surface area contributed by atoms with Crippen LogP contribution in [0.4, 0.5) is 5.69 Å². The molecule has 6 nitrogen and oxygen atoms in total. The minimum Gasteiger partial charge on any atom is -0.394 e. The molecule has 0 aliphatic rings. The Morgan fingerprint density at radius 3 is 2.00 bits per heavy atom. The maximum absolute atomic E-state index is 10.7. The summed E-state index contributed by atoms with van der Waals surface area (Å²) >= 11 is 0. The van der Waals surface area contributed by atoms with Gasteiger partial charge >= 0.3 is 0 Å². The van der Waals surface area contributed by atoms with E-state index in [2.05, 4.69) is 5.32 Å². The van der Waals surface area contributed by atoms with Gasteiger partial charge < -0.3 is 15.5 Å². The van der Waals surface area contributed by atoms with Crippen molar-refractivity contribution in [2.45, 2.75) is 10.9 Å². The van der Waals surface area contributed by atoms with Crippen LogP contribution >= 0.6 is 0 Å². The van der Waals surface area contributed by atoms with Crippen molar-refractivity contribution >= 4 is 15.8 Å². The second kappa shape index (κ2) is 5.26. The lowest BCUT2D eigenvalue weighted by Gasteiger charge is -2.14. The molecule has 1 aromatic rings. The van der Waals surface area contributed by atoms with E-state index in [-0.39, 0.29) is 18.1 Å². The Morgan fingerprint density at radius 2 is 1.62 bits per heavy atom. The number of nitrogens with one attached hydrogen (secondary N) is 1. The van der Waals surface area contributed by atoms with Gasteiger partial charge in [-0.05, 0) is 24.3 Å². The van der Waals surface area contributed by atoms with Crippen LogP contribution in [-0.2, 0) is 10.1 Å². The molecule has 0 aliphatic carbocycles. The Balaban J connectivity index is 2.80. The van der Waals surface area contributed by atoms with Crippen LogP contribution in [0.1, 0.15) is 0 Å². The van der Waals surface area contributed by atoms with E-state index in [0.717, 1.165) is 0 Å². The van der Waals surface area contributed by atoms with E-state index in [1.165, 1.54) is 24.3 Å². The average molecular weight is 247 g/mol. The molecule has 1 rings (SSSR count). The predicted octanol–water partition coefficient (Wildman–Crippen LogP) is -0.302. The van der Waals surface area contributed by atoms with E-state index >= 15 is 0 Å². The van der Waals surface area contributed by atoms with Crippen LogP contribution in [0.2, 0.25) is 0 Å². The molecular formula is C9H13NO5S. The quantitative estimate of drug-likeness (QED) is 0.532. The molecule has 4 N–H and O–H groups in total. The van der Waals surface area contributed by atoms with Gasteiger partial charge in [-0.15, -0.1) is 0 Å². The highest BCUT2D eigenvalue weighted by molar-refractivity contribution is 7.85. The maximum atomic E-state index is 10.7. The third-order valence-electron chi connectivity index (χ3n) is 1.96. The Hall–Kier alpha value is -1.15. The van der Waals surface area contributed by atoms with Gasteiger partial charge in [0.25, 0.3) is 10.1 Å². The van der Waals surface area contributed by atoms with Gasteiger partial charge in [0.05, 0.1) is 24.2 Å². The lowest BCUT2D eigenvalue weighted by molar-refractivity contribution is 0.204. The van der Waals surface area contributed by atoms with Gasteiger partial charge in [-0.25, -0.2) is 0 Å². The highest BCUT2D eigenvalue weighted by Gasteiger charge is 2.09. The van der Waals surface area contributed by atoms with Crippen LogP contribution in [0.5, 0.6) is 0 Å². The van der Waals surface area contributed by atoms with Gasteiger partial charge in [-0.1, -0.05) is 0 Å². The van der Waals surface area contributed by atoms with E-state index in [1.54, 1.807) is 0 Å². The summed E-state index contributed by atoms with van der Waals surface area (Å²) in [6, 6.07) is 4.81. The third-order valence-corrected chi connectivity index (χ3v) is 2.83. The van der Waals surface area contributed by atoms with E-state index < -0.39 is 16.2 Å². The van der Waals surface area contributed by atoms with Crippen molar-refractivity contribution < 1.29 is 23.2 Å². The van der Waals surface area contributed by atoms with Crippen LogP contribution in [0, 0.1) is 0 Å². The number of hydrogen-bond donors (Lipinski definition) is 4. The van der Waals surface area contributed by atoms with Crippen molar-refractivity contribution in [2.75, 3.05) is 18.5 Å². The van der Waals surface area contributed by atoms with E-state index in [0.29, 0.717) is 5.69 Å². The fraction of sp³-hybridized carbons (Fsp3) is 0.333. The van der Waals surface area contributed by atoms with Gasteiger partial charge in [0.15, 0.2) is 0 Å². The van der Waals surface area contributed by atoms with Crippen LogP contribution in [0.15, 0.2) is 29.2 Å². The minimum absolute atomic E-state index is 0.206. The molecule has 90 valence electrons. The van der Waals surface area contributed by atoms with Crippen molar-refractivity contribution in [3.8, 4) is 0 Å². The fourth-order valence-corrected chi connectivity index (χ4v) is 1.59. The SMILES string of the molecule is O=S(=O)(O)c1ccc(NC(CO)CO)cc1. The minimum atomic E-state index is -4.19. The monoisotopic (exact) mass is 247 g/mol. The number of benzene rings is 1. The third kappa shape index (κ3) is 3.46. The second-order valence-corrected chi connectivity index (χ2v) is 4.63. The van der Waals surface area contributed by atoms with Crippen LogP contribution in [0.3, 0.4) is 0 Å². The first kappa shape index (κ1) is 12.9. The lowest BCUT2D eigenvalue weighted by atomic mass is 10.2. The highest BCUT2D eigenvalue weighted by Crippen LogP contribution is 2.14. The van der Waals surface area contributed by atoms with E-state index in [9.17, 15) is 8.42 Å². The highest BCUT2D eigenvalue weighted by atomic mass is 32.2. The lowest BCUT2D eigenvalue weighted by Crippen LogP contribution is -2.27. The summed E-state index contributed by atoms with van der Waals surface area (Å²) in [4.78, 5) is -0.206. The summed E-state index contributed by atoms with van der Waals surface area (Å²) in [5.41, 5.74) is 0.542. The molecule has 0 aliphatic heterocycles. The molecule has 0 amide bonds. The normalized spacial score (nSPS) is 11.8. The van der Waals surface area contributed by atoms with Crippen molar-refractivity contribution in [3.05, 3.63) is 24.3 Å². The Kier molecular flexibility index (Phi) is 4.25. The van der Waals surface area contributed by atoms with E-state index in [1.807, 2.05) is 0 Å². The van der Waals surface area contributed by atoms with Gasteiger partial charge in [0.1, 0.15) is 0 Å². The molecule has 0 fully saturated rings. The van der Waals surface area contributed by atoms with Gasteiger partial charge in [0.2, 0.25) is 0 Å². The molecule has 0 spiro atoms. The maximum Gasteiger partial charge on any atom is 0.294 e. The number of aliphatic hydroxyl groups is 2. The zero-order valence-electron chi connectivity index (χ0n) is 8.37. The van der Waals surface area contributed by atoms with Crippen molar-refractivity contribution in [2.24, 2.45) is 0 Å². The summed E-state index contributed by atoms with van der Waals surface area (Å²) in [7, 11) is -4.19. The molecule has 0 atom stereocenters. The zero-order valence-corrected chi connectivity index (χ0v) is 9.18. The van der Waals surface area contributed by atoms with Crippen LogP contribution < -0.4 is 5.32 Å². The molecule has 0 bridgehead atoms. The largest absolute Gasteiger partial charge is 0.394 e. The molecule has 0 saturated carbocycles. The predicted molar refractivity (Wildman–Crippen MR) is 57.8 cm³/mol. The average Bonchev–Trinajstić information content (AvgIpc) is 2.25. The molecule has 0 radical (unpaired) electrons. The summed E-state index contributed by atoms with van der Waals surface area (Å²) in [5.74, 6) is 0.